The van der Waals surface area contributed by atoms with Crippen LogP contribution in [0.3, 0.4) is 0 Å². The molecule has 1 N–H and O–H groups in total. The fraction of sp³-hybridized carbons (Fsp3) is 0.692. The Morgan fingerprint density at radius 3 is 2.85 bits per heavy atom. The van der Waals surface area contributed by atoms with Gasteiger partial charge in [0.05, 0.1) is 6.61 Å². The Labute approximate surface area is 123 Å². The average Bonchev–Trinajstić information content (AvgIpc) is 3.08. The van der Waals surface area contributed by atoms with Crippen molar-refractivity contribution in [1.82, 2.24) is 20.0 Å². The van der Waals surface area contributed by atoms with Crippen molar-refractivity contribution in [2.75, 3.05) is 32.8 Å². The molecule has 0 atom stereocenters. The molecular weight excluding hydrogens is 280 g/mol. The van der Waals surface area contributed by atoms with E-state index in [1.807, 2.05) is 0 Å². The molecule has 2 aliphatic heterocycles. The van der Waals surface area contributed by atoms with Crippen molar-refractivity contribution < 1.29 is 9.53 Å². The summed E-state index contributed by atoms with van der Waals surface area (Å²) in [4.78, 5) is 14.5. The van der Waals surface area contributed by atoms with Gasteiger partial charge in [0.2, 0.25) is 5.88 Å². The standard InChI is InChI=1S/C13H19ClN4O2/c14-10-11(16-18-7-3-9-20-13(10)18)12(19)15-4-8-17-5-1-2-6-17/h1-9H2,(H,15,19). The summed E-state index contributed by atoms with van der Waals surface area (Å²) in [5.74, 6) is 0.294. The van der Waals surface area contributed by atoms with E-state index in [-0.39, 0.29) is 11.6 Å². The first-order valence-corrected chi connectivity index (χ1v) is 7.53. The van der Waals surface area contributed by atoms with E-state index < -0.39 is 0 Å². The van der Waals surface area contributed by atoms with Crippen LogP contribution in [0.15, 0.2) is 0 Å². The summed E-state index contributed by atoms with van der Waals surface area (Å²) in [6, 6.07) is 0. The third-order valence-electron chi connectivity index (χ3n) is 3.73. The molecule has 7 heteroatoms. The van der Waals surface area contributed by atoms with E-state index in [4.69, 9.17) is 16.3 Å². The Balaban J connectivity index is 1.58. The van der Waals surface area contributed by atoms with Gasteiger partial charge in [0.1, 0.15) is 5.02 Å². The SMILES string of the molecule is O=C(NCCN1CCCC1)c1nn2c(c1Cl)OCCC2. The molecule has 1 aromatic rings. The predicted octanol–water partition coefficient (Wildman–Crippen LogP) is 1.14. The van der Waals surface area contributed by atoms with Crippen LogP contribution < -0.4 is 10.1 Å². The normalized spacial score (nSPS) is 18.6. The van der Waals surface area contributed by atoms with Gasteiger partial charge < -0.3 is 15.0 Å². The lowest BCUT2D eigenvalue weighted by Gasteiger charge is -2.14. The molecule has 6 nitrogen and oxygen atoms in total. The van der Waals surface area contributed by atoms with Crippen LogP contribution in [-0.2, 0) is 6.54 Å². The largest absolute Gasteiger partial charge is 0.477 e. The van der Waals surface area contributed by atoms with Gasteiger partial charge in [-0.3, -0.25) is 4.79 Å². The molecule has 20 heavy (non-hydrogen) atoms. The summed E-state index contributed by atoms with van der Waals surface area (Å²) < 4.78 is 7.12. The van der Waals surface area contributed by atoms with Gasteiger partial charge in [0, 0.05) is 26.1 Å². The molecule has 1 saturated heterocycles. The Kier molecular flexibility index (Phi) is 4.12. The zero-order valence-corrected chi connectivity index (χ0v) is 12.2. The van der Waals surface area contributed by atoms with Gasteiger partial charge in [-0.25, -0.2) is 4.68 Å². The number of carbonyl (C=O) groups is 1. The lowest BCUT2D eigenvalue weighted by molar-refractivity contribution is 0.0944. The van der Waals surface area contributed by atoms with E-state index in [1.165, 1.54) is 12.8 Å². The summed E-state index contributed by atoms with van der Waals surface area (Å²) >= 11 is 6.16. The number of nitrogens with one attached hydrogen (secondary N) is 1. The number of halogens is 1. The summed E-state index contributed by atoms with van der Waals surface area (Å²) in [6.45, 7) is 5.13. The Bertz CT molecular complexity index is 497. The van der Waals surface area contributed by atoms with E-state index in [9.17, 15) is 4.79 Å². The lowest BCUT2D eigenvalue weighted by Crippen LogP contribution is -2.33. The molecule has 110 valence electrons. The first-order chi connectivity index (χ1) is 9.75. The van der Waals surface area contributed by atoms with Crippen LogP contribution >= 0.6 is 11.6 Å². The van der Waals surface area contributed by atoms with Crippen molar-refractivity contribution in [2.45, 2.75) is 25.8 Å². The maximum Gasteiger partial charge on any atom is 0.273 e. The number of amides is 1. The highest BCUT2D eigenvalue weighted by atomic mass is 35.5. The summed E-state index contributed by atoms with van der Waals surface area (Å²) in [5.41, 5.74) is 0.269. The highest BCUT2D eigenvalue weighted by molar-refractivity contribution is 6.34. The number of fused-ring (bicyclic) bond motifs is 1. The van der Waals surface area contributed by atoms with E-state index in [0.29, 0.717) is 24.1 Å². The minimum atomic E-state index is -0.223. The van der Waals surface area contributed by atoms with Gasteiger partial charge in [-0.05, 0) is 25.9 Å². The maximum atomic E-state index is 12.1. The number of aryl methyl sites for hydroxylation is 1. The third kappa shape index (κ3) is 2.76. The fourth-order valence-corrected chi connectivity index (χ4v) is 2.94. The molecule has 0 aromatic carbocycles. The molecule has 0 aliphatic carbocycles. The fourth-order valence-electron chi connectivity index (χ4n) is 2.66. The average molecular weight is 299 g/mol. The van der Waals surface area contributed by atoms with Crippen molar-refractivity contribution >= 4 is 17.5 Å². The zero-order chi connectivity index (χ0) is 13.9. The quantitative estimate of drug-likeness (QED) is 0.906. The molecule has 0 bridgehead atoms. The van der Waals surface area contributed by atoms with Crippen molar-refractivity contribution in [3.05, 3.63) is 10.7 Å². The number of carbonyl (C=O) groups excluding carboxylic acids is 1. The molecule has 1 fully saturated rings. The van der Waals surface area contributed by atoms with E-state index in [1.54, 1.807) is 4.68 Å². The van der Waals surface area contributed by atoms with E-state index >= 15 is 0 Å². The molecule has 3 rings (SSSR count). The Morgan fingerprint density at radius 1 is 1.30 bits per heavy atom. The molecule has 0 saturated carbocycles. The number of hydrogen-bond donors (Lipinski definition) is 1. The Morgan fingerprint density at radius 2 is 2.10 bits per heavy atom. The summed E-state index contributed by atoms with van der Waals surface area (Å²) in [7, 11) is 0. The third-order valence-corrected chi connectivity index (χ3v) is 4.07. The molecule has 0 radical (unpaired) electrons. The number of likely N-dealkylation sites (tertiary alicyclic amines) is 1. The highest BCUT2D eigenvalue weighted by Gasteiger charge is 2.24. The summed E-state index contributed by atoms with van der Waals surface area (Å²) in [6.07, 6.45) is 3.40. The monoisotopic (exact) mass is 298 g/mol. The smallest absolute Gasteiger partial charge is 0.273 e. The van der Waals surface area contributed by atoms with Gasteiger partial charge in [0.15, 0.2) is 5.69 Å². The van der Waals surface area contributed by atoms with Crippen LogP contribution in [0.1, 0.15) is 29.8 Å². The second-order valence-electron chi connectivity index (χ2n) is 5.20. The molecule has 0 unspecified atom stereocenters. The molecular formula is C13H19ClN4O2. The van der Waals surface area contributed by atoms with Crippen LogP contribution in [0.5, 0.6) is 5.88 Å². The van der Waals surface area contributed by atoms with Crippen LogP contribution in [-0.4, -0.2) is 53.4 Å². The number of aromatic nitrogens is 2. The maximum absolute atomic E-state index is 12.1. The molecule has 1 amide bonds. The lowest BCUT2D eigenvalue weighted by atomic mass is 10.3. The zero-order valence-electron chi connectivity index (χ0n) is 11.4. The molecule has 1 aromatic heterocycles. The molecule has 2 aliphatic rings. The Hall–Kier alpha value is -1.27. The van der Waals surface area contributed by atoms with Crippen LogP contribution in [0.2, 0.25) is 5.02 Å². The second-order valence-corrected chi connectivity index (χ2v) is 5.58. The first-order valence-electron chi connectivity index (χ1n) is 7.15. The predicted molar refractivity (Wildman–Crippen MR) is 75.4 cm³/mol. The number of nitrogens with zero attached hydrogens (tertiary/aromatic N) is 3. The van der Waals surface area contributed by atoms with Crippen LogP contribution in [0.25, 0.3) is 0 Å². The number of rotatable bonds is 4. The summed E-state index contributed by atoms with van der Waals surface area (Å²) in [5, 5.41) is 7.44. The minimum Gasteiger partial charge on any atom is -0.477 e. The van der Waals surface area contributed by atoms with Crippen molar-refractivity contribution in [3.63, 3.8) is 0 Å². The van der Waals surface area contributed by atoms with Crippen molar-refractivity contribution in [2.24, 2.45) is 0 Å². The first kappa shape index (κ1) is 13.7. The number of ether oxygens (including phenoxy) is 1. The highest BCUT2D eigenvalue weighted by Crippen LogP contribution is 2.30. The van der Waals surface area contributed by atoms with Gasteiger partial charge in [0.25, 0.3) is 5.91 Å². The minimum absolute atomic E-state index is 0.223. The molecule has 3 heterocycles. The van der Waals surface area contributed by atoms with Gasteiger partial charge in [-0.15, -0.1) is 0 Å². The van der Waals surface area contributed by atoms with Crippen molar-refractivity contribution in [1.29, 1.82) is 0 Å². The topological polar surface area (TPSA) is 59.4 Å². The molecule has 0 spiro atoms. The van der Waals surface area contributed by atoms with Gasteiger partial charge in [-0.2, -0.15) is 5.10 Å². The van der Waals surface area contributed by atoms with Crippen LogP contribution in [0.4, 0.5) is 0 Å². The van der Waals surface area contributed by atoms with E-state index in [0.717, 1.165) is 32.6 Å². The number of hydrogen-bond acceptors (Lipinski definition) is 4. The van der Waals surface area contributed by atoms with Crippen molar-refractivity contribution in [3.8, 4) is 5.88 Å². The van der Waals surface area contributed by atoms with Crippen LogP contribution in [0, 0.1) is 0 Å². The second kappa shape index (κ2) is 6.01. The van der Waals surface area contributed by atoms with E-state index in [2.05, 4.69) is 15.3 Å². The van der Waals surface area contributed by atoms with Gasteiger partial charge in [-0.1, -0.05) is 11.6 Å². The van der Waals surface area contributed by atoms with Gasteiger partial charge >= 0.3 is 0 Å².